The second kappa shape index (κ2) is 5.28. The monoisotopic (exact) mass is 282 g/mol. The lowest BCUT2D eigenvalue weighted by Gasteiger charge is -2.11. The highest BCUT2D eigenvalue weighted by atomic mass is 16.4. The minimum Gasteiger partial charge on any atom is -0.478 e. The van der Waals surface area contributed by atoms with E-state index in [2.05, 4.69) is 10.6 Å². The standard InChI is InChI=1S/C16H14N2O3/c19-15(13-9-17-14-4-2-1-3-12(13)14)18-11-7-5-10(6-8-11)16(20)21/h1-8,13,17H,9H2,(H,18,19)(H,20,21). The molecule has 0 aromatic heterocycles. The fourth-order valence-electron chi connectivity index (χ4n) is 2.44. The molecule has 2 aromatic carbocycles. The van der Waals surface area contributed by atoms with Crippen LogP contribution in [0.5, 0.6) is 0 Å². The second-order valence-electron chi connectivity index (χ2n) is 4.89. The molecule has 0 spiro atoms. The molecule has 0 aliphatic carbocycles. The van der Waals surface area contributed by atoms with Crippen LogP contribution in [0.25, 0.3) is 0 Å². The molecule has 3 N–H and O–H groups in total. The summed E-state index contributed by atoms with van der Waals surface area (Å²) >= 11 is 0. The van der Waals surface area contributed by atoms with Gasteiger partial charge in [0, 0.05) is 17.9 Å². The van der Waals surface area contributed by atoms with Crippen LogP contribution in [-0.2, 0) is 4.79 Å². The Kier molecular flexibility index (Phi) is 3.31. The molecule has 1 heterocycles. The first-order valence-electron chi connectivity index (χ1n) is 6.62. The van der Waals surface area contributed by atoms with Gasteiger partial charge in [0.2, 0.25) is 5.91 Å². The molecule has 2 aromatic rings. The van der Waals surface area contributed by atoms with Gasteiger partial charge in [-0.15, -0.1) is 0 Å². The van der Waals surface area contributed by atoms with E-state index in [0.29, 0.717) is 12.2 Å². The Bertz CT molecular complexity index is 695. The topological polar surface area (TPSA) is 78.4 Å². The molecule has 1 aliphatic heterocycles. The predicted octanol–water partition coefficient (Wildman–Crippen LogP) is 2.53. The number of fused-ring (bicyclic) bond motifs is 1. The number of benzene rings is 2. The molecule has 0 saturated carbocycles. The lowest BCUT2D eigenvalue weighted by Crippen LogP contribution is -2.22. The Hall–Kier alpha value is -2.82. The van der Waals surface area contributed by atoms with Gasteiger partial charge in [0.15, 0.2) is 0 Å². The average Bonchev–Trinajstić information content (AvgIpc) is 2.92. The molecule has 1 amide bonds. The molecule has 5 nitrogen and oxygen atoms in total. The summed E-state index contributed by atoms with van der Waals surface area (Å²) in [7, 11) is 0. The molecule has 0 saturated heterocycles. The summed E-state index contributed by atoms with van der Waals surface area (Å²) in [6, 6.07) is 13.9. The van der Waals surface area contributed by atoms with E-state index in [0.717, 1.165) is 11.3 Å². The van der Waals surface area contributed by atoms with E-state index in [9.17, 15) is 9.59 Å². The normalized spacial score (nSPS) is 15.9. The number of carboxylic acids is 1. The molecule has 3 rings (SSSR count). The van der Waals surface area contributed by atoms with Crippen LogP contribution in [0.4, 0.5) is 11.4 Å². The van der Waals surface area contributed by atoms with Gasteiger partial charge in [0.25, 0.3) is 0 Å². The fourth-order valence-corrected chi connectivity index (χ4v) is 2.44. The van der Waals surface area contributed by atoms with Crippen molar-refractivity contribution in [2.75, 3.05) is 17.2 Å². The maximum absolute atomic E-state index is 12.3. The number of amides is 1. The molecule has 21 heavy (non-hydrogen) atoms. The molecule has 0 bridgehead atoms. The highest BCUT2D eigenvalue weighted by Crippen LogP contribution is 2.31. The summed E-state index contributed by atoms with van der Waals surface area (Å²) in [4.78, 5) is 23.1. The van der Waals surface area contributed by atoms with Gasteiger partial charge in [0.05, 0.1) is 11.5 Å². The van der Waals surface area contributed by atoms with E-state index in [-0.39, 0.29) is 17.4 Å². The van der Waals surface area contributed by atoms with Crippen LogP contribution in [0.1, 0.15) is 21.8 Å². The van der Waals surface area contributed by atoms with Gasteiger partial charge < -0.3 is 15.7 Å². The van der Waals surface area contributed by atoms with Crippen molar-refractivity contribution in [1.82, 2.24) is 0 Å². The van der Waals surface area contributed by atoms with Crippen molar-refractivity contribution in [2.45, 2.75) is 5.92 Å². The number of rotatable bonds is 3. The third kappa shape index (κ3) is 2.58. The van der Waals surface area contributed by atoms with E-state index in [1.54, 1.807) is 12.1 Å². The quantitative estimate of drug-likeness (QED) is 0.808. The van der Waals surface area contributed by atoms with Crippen LogP contribution in [0.15, 0.2) is 48.5 Å². The van der Waals surface area contributed by atoms with Crippen LogP contribution in [0, 0.1) is 0 Å². The largest absolute Gasteiger partial charge is 0.478 e. The molecule has 1 aliphatic rings. The number of carbonyl (C=O) groups is 2. The maximum atomic E-state index is 12.3. The third-order valence-corrected chi connectivity index (χ3v) is 3.55. The van der Waals surface area contributed by atoms with Gasteiger partial charge in [0.1, 0.15) is 0 Å². The van der Waals surface area contributed by atoms with Crippen LogP contribution >= 0.6 is 0 Å². The number of hydrogen-bond acceptors (Lipinski definition) is 3. The zero-order valence-electron chi connectivity index (χ0n) is 11.2. The summed E-state index contributed by atoms with van der Waals surface area (Å²) in [6.07, 6.45) is 0. The Labute approximate surface area is 121 Å². The van der Waals surface area contributed by atoms with Gasteiger partial charge in [-0.1, -0.05) is 18.2 Å². The molecule has 0 radical (unpaired) electrons. The number of carboxylic acid groups (broad SMARTS) is 1. The van der Waals surface area contributed by atoms with E-state index in [4.69, 9.17) is 5.11 Å². The lowest BCUT2D eigenvalue weighted by atomic mass is 10.0. The minimum atomic E-state index is -0.984. The van der Waals surface area contributed by atoms with Crippen LogP contribution in [0.2, 0.25) is 0 Å². The Morgan fingerprint density at radius 1 is 1.10 bits per heavy atom. The molecule has 1 unspecified atom stereocenters. The minimum absolute atomic E-state index is 0.101. The van der Waals surface area contributed by atoms with Crippen molar-refractivity contribution >= 4 is 23.3 Å². The van der Waals surface area contributed by atoms with Crippen molar-refractivity contribution < 1.29 is 14.7 Å². The van der Waals surface area contributed by atoms with E-state index in [1.165, 1.54) is 12.1 Å². The zero-order valence-corrected chi connectivity index (χ0v) is 11.2. The van der Waals surface area contributed by atoms with Crippen molar-refractivity contribution in [3.05, 3.63) is 59.7 Å². The Morgan fingerprint density at radius 2 is 1.81 bits per heavy atom. The van der Waals surface area contributed by atoms with Crippen molar-refractivity contribution in [3.63, 3.8) is 0 Å². The molecular weight excluding hydrogens is 268 g/mol. The van der Waals surface area contributed by atoms with Gasteiger partial charge in [-0.2, -0.15) is 0 Å². The second-order valence-corrected chi connectivity index (χ2v) is 4.89. The number of para-hydroxylation sites is 1. The number of carbonyl (C=O) groups excluding carboxylic acids is 1. The average molecular weight is 282 g/mol. The molecule has 5 heteroatoms. The first-order valence-corrected chi connectivity index (χ1v) is 6.62. The summed E-state index contributed by atoms with van der Waals surface area (Å²) in [5.74, 6) is -1.32. The Balaban J connectivity index is 1.74. The van der Waals surface area contributed by atoms with Gasteiger partial charge in [-0.3, -0.25) is 4.79 Å². The van der Waals surface area contributed by atoms with Crippen molar-refractivity contribution in [2.24, 2.45) is 0 Å². The van der Waals surface area contributed by atoms with Gasteiger partial charge in [-0.05, 0) is 35.9 Å². The number of hydrogen-bond donors (Lipinski definition) is 3. The van der Waals surface area contributed by atoms with Crippen molar-refractivity contribution in [1.29, 1.82) is 0 Å². The van der Waals surface area contributed by atoms with Crippen LogP contribution < -0.4 is 10.6 Å². The highest BCUT2D eigenvalue weighted by molar-refractivity contribution is 5.98. The number of anilines is 2. The first kappa shape index (κ1) is 13.2. The molecule has 106 valence electrons. The van der Waals surface area contributed by atoms with E-state index in [1.807, 2.05) is 24.3 Å². The number of aromatic carboxylic acids is 1. The van der Waals surface area contributed by atoms with Gasteiger partial charge >= 0.3 is 5.97 Å². The highest BCUT2D eigenvalue weighted by Gasteiger charge is 2.28. The maximum Gasteiger partial charge on any atom is 0.335 e. The van der Waals surface area contributed by atoms with E-state index >= 15 is 0 Å². The molecule has 0 fully saturated rings. The Morgan fingerprint density at radius 3 is 2.52 bits per heavy atom. The summed E-state index contributed by atoms with van der Waals surface area (Å²) in [5, 5.41) is 14.9. The summed E-state index contributed by atoms with van der Waals surface area (Å²) < 4.78 is 0. The fraction of sp³-hybridized carbons (Fsp3) is 0.125. The zero-order chi connectivity index (χ0) is 14.8. The number of nitrogens with one attached hydrogen (secondary N) is 2. The lowest BCUT2D eigenvalue weighted by molar-refractivity contribution is -0.117. The van der Waals surface area contributed by atoms with Crippen LogP contribution in [0.3, 0.4) is 0 Å². The van der Waals surface area contributed by atoms with E-state index < -0.39 is 5.97 Å². The predicted molar refractivity (Wildman–Crippen MR) is 79.7 cm³/mol. The third-order valence-electron chi connectivity index (χ3n) is 3.55. The molecular formula is C16H14N2O3. The summed E-state index contributed by atoms with van der Waals surface area (Å²) in [5.41, 5.74) is 2.76. The summed E-state index contributed by atoms with van der Waals surface area (Å²) in [6.45, 7) is 0.568. The SMILES string of the molecule is O=C(O)c1ccc(NC(=O)C2CNc3ccccc32)cc1. The smallest absolute Gasteiger partial charge is 0.335 e. The van der Waals surface area contributed by atoms with Crippen molar-refractivity contribution in [3.8, 4) is 0 Å². The van der Waals surface area contributed by atoms with Gasteiger partial charge in [-0.25, -0.2) is 4.79 Å². The van der Waals surface area contributed by atoms with Crippen LogP contribution in [-0.4, -0.2) is 23.5 Å². The molecule has 1 atom stereocenters. The first-order chi connectivity index (χ1) is 10.1.